The zero-order valence-electron chi connectivity index (χ0n) is 5.75. The van der Waals surface area contributed by atoms with Crippen molar-refractivity contribution in [3.63, 3.8) is 0 Å². The highest BCUT2D eigenvalue weighted by atomic mass is 15.1. The fourth-order valence-corrected chi connectivity index (χ4v) is 0.494. The standard InChI is InChI=1S/C6H13N3/c1-3-9(5-4-7)6-8-2/h3,6H,1,4-5,7H2,2H3. The van der Waals surface area contributed by atoms with E-state index in [0.717, 1.165) is 6.54 Å². The summed E-state index contributed by atoms with van der Waals surface area (Å²) >= 11 is 0. The Morgan fingerprint density at radius 1 is 1.78 bits per heavy atom. The molecule has 0 amide bonds. The average molecular weight is 127 g/mol. The van der Waals surface area contributed by atoms with Crippen LogP contribution in [0.3, 0.4) is 0 Å². The second-order valence-electron chi connectivity index (χ2n) is 1.58. The van der Waals surface area contributed by atoms with Crippen LogP contribution in [0.4, 0.5) is 0 Å². The fraction of sp³-hybridized carbons (Fsp3) is 0.500. The molecule has 0 saturated carbocycles. The van der Waals surface area contributed by atoms with Crippen LogP contribution in [0.1, 0.15) is 0 Å². The number of hydrogen-bond acceptors (Lipinski definition) is 2. The van der Waals surface area contributed by atoms with Crippen LogP contribution in [-0.4, -0.2) is 31.4 Å². The van der Waals surface area contributed by atoms with E-state index in [1.54, 1.807) is 19.6 Å². The first kappa shape index (κ1) is 8.17. The summed E-state index contributed by atoms with van der Waals surface area (Å²) in [4.78, 5) is 5.63. The molecule has 0 atom stereocenters. The van der Waals surface area contributed by atoms with Gasteiger partial charge in [-0.05, 0) is 6.20 Å². The first-order valence-electron chi connectivity index (χ1n) is 2.85. The Bertz CT molecular complexity index is 98.5. The van der Waals surface area contributed by atoms with Gasteiger partial charge in [0.25, 0.3) is 0 Å². The Morgan fingerprint density at radius 3 is 2.78 bits per heavy atom. The maximum atomic E-state index is 5.28. The summed E-state index contributed by atoms with van der Waals surface area (Å²) in [6.07, 6.45) is 3.39. The van der Waals surface area contributed by atoms with Gasteiger partial charge in [0.2, 0.25) is 0 Å². The molecule has 0 spiro atoms. The van der Waals surface area contributed by atoms with Crippen LogP contribution in [0.15, 0.2) is 17.8 Å². The van der Waals surface area contributed by atoms with Gasteiger partial charge >= 0.3 is 0 Å². The van der Waals surface area contributed by atoms with Gasteiger partial charge in [0, 0.05) is 20.1 Å². The molecule has 3 nitrogen and oxygen atoms in total. The molecule has 0 aliphatic heterocycles. The van der Waals surface area contributed by atoms with Crippen LogP contribution < -0.4 is 5.73 Å². The van der Waals surface area contributed by atoms with E-state index in [0.29, 0.717) is 6.54 Å². The van der Waals surface area contributed by atoms with E-state index in [2.05, 4.69) is 11.6 Å². The van der Waals surface area contributed by atoms with Gasteiger partial charge < -0.3 is 10.6 Å². The molecule has 3 heteroatoms. The molecule has 52 valence electrons. The van der Waals surface area contributed by atoms with Gasteiger partial charge in [-0.2, -0.15) is 0 Å². The molecular weight excluding hydrogens is 114 g/mol. The second kappa shape index (κ2) is 5.31. The van der Waals surface area contributed by atoms with Gasteiger partial charge in [-0.1, -0.05) is 6.58 Å². The third kappa shape index (κ3) is 3.73. The van der Waals surface area contributed by atoms with Crippen LogP contribution in [0, 0.1) is 0 Å². The lowest BCUT2D eigenvalue weighted by Gasteiger charge is -2.10. The lowest BCUT2D eigenvalue weighted by molar-refractivity contribution is 0.582. The van der Waals surface area contributed by atoms with Crippen LogP contribution >= 0.6 is 0 Å². The zero-order valence-corrected chi connectivity index (χ0v) is 5.75. The van der Waals surface area contributed by atoms with Crippen molar-refractivity contribution in [2.24, 2.45) is 10.7 Å². The van der Waals surface area contributed by atoms with Crippen molar-refractivity contribution in [3.05, 3.63) is 12.8 Å². The van der Waals surface area contributed by atoms with E-state index in [1.807, 2.05) is 4.90 Å². The van der Waals surface area contributed by atoms with E-state index in [9.17, 15) is 0 Å². The maximum absolute atomic E-state index is 5.28. The molecule has 0 aromatic heterocycles. The van der Waals surface area contributed by atoms with Crippen molar-refractivity contribution in [1.29, 1.82) is 0 Å². The Balaban J connectivity index is 3.53. The van der Waals surface area contributed by atoms with Crippen molar-refractivity contribution in [2.45, 2.75) is 0 Å². The highest BCUT2D eigenvalue weighted by molar-refractivity contribution is 5.55. The van der Waals surface area contributed by atoms with E-state index in [-0.39, 0.29) is 0 Å². The molecule has 0 rings (SSSR count). The quantitative estimate of drug-likeness (QED) is 0.428. The highest BCUT2D eigenvalue weighted by Gasteiger charge is 1.87. The molecule has 9 heavy (non-hydrogen) atoms. The predicted octanol–water partition coefficient (Wildman–Crippen LogP) is 0.0487. The van der Waals surface area contributed by atoms with Gasteiger partial charge in [0.15, 0.2) is 0 Å². The lowest BCUT2D eigenvalue weighted by Crippen LogP contribution is -2.22. The SMILES string of the molecule is C=CN(C=NC)CCN. The fourth-order valence-electron chi connectivity index (χ4n) is 0.494. The summed E-state index contributed by atoms with van der Waals surface area (Å²) in [6.45, 7) is 4.98. The number of aliphatic imine (C=N–C) groups is 1. The predicted molar refractivity (Wildman–Crippen MR) is 40.4 cm³/mol. The summed E-state index contributed by atoms with van der Waals surface area (Å²) in [5.74, 6) is 0. The van der Waals surface area contributed by atoms with Gasteiger partial charge in [0.1, 0.15) is 0 Å². The molecule has 0 unspecified atom stereocenters. The number of nitrogens with two attached hydrogens (primary N) is 1. The minimum atomic E-state index is 0.623. The summed E-state index contributed by atoms with van der Waals surface area (Å²) in [6, 6.07) is 0. The third-order valence-electron chi connectivity index (χ3n) is 0.886. The molecule has 0 aromatic carbocycles. The van der Waals surface area contributed by atoms with Gasteiger partial charge in [-0.25, -0.2) is 0 Å². The normalized spacial score (nSPS) is 10.0. The van der Waals surface area contributed by atoms with E-state index in [1.165, 1.54) is 0 Å². The Kier molecular flexibility index (Phi) is 4.82. The Morgan fingerprint density at radius 2 is 2.44 bits per heavy atom. The maximum Gasteiger partial charge on any atom is 0.0886 e. The zero-order chi connectivity index (χ0) is 7.11. The molecule has 0 heterocycles. The Hall–Kier alpha value is -0.830. The summed E-state index contributed by atoms with van der Waals surface area (Å²) in [5.41, 5.74) is 5.28. The van der Waals surface area contributed by atoms with Crippen molar-refractivity contribution < 1.29 is 0 Å². The summed E-state index contributed by atoms with van der Waals surface area (Å²) in [5, 5.41) is 0. The van der Waals surface area contributed by atoms with Crippen molar-refractivity contribution in [1.82, 2.24) is 4.90 Å². The molecule has 0 aliphatic rings. The number of hydrogen-bond donors (Lipinski definition) is 1. The first-order valence-corrected chi connectivity index (χ1v) is 2.85. The molecule has 0 bridgehead atoms. The lowest BCUT2D eigenvalue weighted by atomic mass is 10.6. The van der Waals surface area contributed by atoms with Gasteiger partial charge in [-0.15, -0.1) is 0 Å². The second-order valence-corrected chi connectivity index (χ2v) is 1.58. The van der Waals surface area contributed by atoms with Crippen LogP contribution in [0.25, 0.3) is 0 Å². The van der Waals surface area contributed by atoms with Crippen LogP contribution in [0.2, 0.25) is 0 Å². The first-order chi connectivity index (χ1) is 4.35. The molecule has 0 saturated heterocycles. The summed E-state index contributed by atoms with van der Waals surface area (Å²) < 4.78 is 0. The van der Waals surface area contributed by atoms with Gasteiger partial charge in [0.05, 0.1) is 6.34 Å². The largest absolute Gasteiger partial charge is 0.339 e. The summed E-state index contributed by atoms with van der Waals surface area (Å²) in [7, 11) is 1.72. The third-order valence-corrected chi connectivity index (χ3v) is 0.886. The van der Waals surface area contributed by atoms with Crippen LogP contribution in [-0.2, 0) is 0 Å². The molecule has 0 aromatic rings. The molecule has 0 fully saturated rings. The molecular formula is C6H13N3. The van der Waals surface area contributed by atoms with Crippen molar-refractivity contribution in [2.75, 3.05) is 20.1 Å². The van der Waals surface area contributed by atoms with Crippen LogP contribution in [0.5, 0.6) is 0 Å². The van der Waals surface area contributed by atoms with E-state index >= 15 is 0 Å². The molecule has 0 aliphatic carbocycles. The monoisotopic (exact) mass is 127 g/mol. The highest BCUT2D eigenvalue weighted by Crippen LogP contribution is 1.79. The smallest absolute Gasteiger partial charge is 0.0886 e. The number of nitrogens with zero attached hydrogens (tertiary/aromatic N) is 2. The van der Waals surface area contributed by atoms with E-state index < -0.39 is 0 Å². The van der Waals surface area contributed by atoms with Crippen molar-refractivity contribution in [3.8, 4) is 0 Å². The Labute approximate surface area is 55.9 Å². The van der Waals surface area contributed by atoms with Crippen molar-refractivity contribution >= 4 is 6.34 Å². The van der Waals surface area contributed by atoms with Gasteiger partial charge in [-0.3, -0.25) is 4.99 Å². The minimum absolute atomic E-state index is 0.623. The average Bonchev–Trinajstić information content (AvgIpc) is 1.88. The van der Waals surface area contributed by atoms with E-state index in [4.69, 9.17) is 5.73 Å². The topological polar surface area (TPSA) is 41.6 Å². The molecule has 2 N–H and O–H groups in total. The molecule has 0 radical (unpaired) electrons. The number of rotatable bonds is 4. The minimum Gasteiger partial charge on any atom is -0.339 e.